The highest BCUT2D eigenvalue weighted by Gasteiger charge is 2.31. The lowest BCUT2D eigenvalue weighted by Gasteiger charge is -2.10. The van der Waals surface area contributed by atoms with Crippen molar-refractivity contribution in [2.75, 3.05) is 0 Å². The molecule has 3 rings (SSSR count). The van der Waals surface area contributed by atoms with Crippen LogP contribution in [0.5, 0.6) is 5.75 Å². The molecule has 1 heterocycles. The number of nitriles is 1. The van der Waals surface area contributed by atoms with E-state index in [-0.39, 0.29) is 11.4 Å². The normalized spacial score (nSPS) is 11.3. The highest BCUT2D eigenvalue weighted by molar-refractivity contribution is 6.02. The van der Waals surface area contributed by atoms with E-state index in [1.54, 1.807) is 12.1 Å². The third-order valence-electron chi connectivity index (χ3n) is 3.52. The lowest BCUT2D eigenvalue weighted by molar-refractivity contribution is -0.274. The van der Waals surface area contributed by atoms with E-state index < -0.39 is 12.3 Å². The van der Waals surface area contributed by atoms with Crippen LogP contribution in [-0.2, 0) is 0 Å². The van der Waals surface area contributed by atoms with Crippen molar-refractivity contribution in [3.63, 3.8) is 0 Å². The Hall–Kier alpha value is -3.47. The molecule has 0 aliphatic rings. The van der Waals surface area contributed by atoms with Gasteiger partial charge in [0.2, 0.25) is 0 Å². The number of rotatable bonds is 3. The van der Waals surface area contributed by atoms with Crippen LogP contribution in [0.25, 0.3) is 22.0 Å². The third-order valence-corrected chi connectivity index (χ3v) is 3.52. The highest BCUT2D eigenvalue weighted by atomic mass is 19.4. The summed E-state index contributed by atoms with van der Waals surface area (Å²) < 4.78 is 40.6. The van der Waals surface area contributed by atoms with Crippen LogP contribution in [0.15, 0.2) is 42.5 Å². The number of halogens is 3. The van der Waals surface area contributed by atoms with Gasteiger partial charge < -0.3 is 15.5 Å². The van der Waals surface area contributed by atoms with Crippen LogP contribution in [0, 0.1) is 11.3 Å². The molecule has 0 aliphatic heterocycles. The summed E-state index contributed by atoms with van der Waals surface area (Å²) in [4.78, 5) is 14.2. The number of nitrogens with one attached hydrogen (secondary N) is 1. The lowest BCUT2D eigenvalue weighted by Crippen LogP contribution is -2.16. The Balaban J connectivity index is 2.11. The maximum absolute atomic E-state index is 12.2. The Morgan fingerprint density at radius 3 is 2.40 bits per heavy atom. The zero-order valence-electron chi connectivity index (χ0n) is 12.5. The van der Waals surface area contributed by atoms with Gasteiger partial charge in [-0.3, -0.25) is 4.79 Å². The molecule has 2 aromatic carbocycles. The van der Waals surface area contributed by atoms with E-state index in [0.29, 0.717) is 27.6 Å². The molecular formula is C17H10F3N3O2. The molecule has 0 saturated heterocycles. The largest absolute Gasteiger partial charge is 0.573 e. The first kappa shape index (κ1) is 16.4. The van der Waals surface area contributed by atoms with Crippen LogP contribution in [0.4, 0.5) is 13.2 Å². The minimum Gasteiger partial charge on any atom is -0.406 e. The Kier molecular flexibility index (Phi) is 3.85. The third kappa shape index (κ3) is 3.40. The van der Waals surface area contributed by atoms with Gasteiger partial charge >= 0.3 is 6.36 Å². The number of amides is 1. The number of hydrogen-bond donors (Lipinski definition) is 2. The van der Waals surface area contributed by atoms with Crippen molar-refractivity contribution >= 4 is 16.8 Å². The molecule has 1 aromatic heterocycles. The summed E-state index contributed by atoms with van der Waals surface area (Å²) >= 11 is 0. The number of benzene rings is 2. The summed E-state index contributed by atoms with van der Waals surface area (Å²) in [6.07, 6.45) is -4.77. The van der Waals surface area contributed by atoms with Crippen LogP contribution >= 0.6 is 0 Å². The van der Waals surface area contributed by atoms with Crippen molar-refractivity contribution in [2.45, 2.75) is 6.36 Å². The molecule has 3 aromatic rings. The Labute approximate surface area is 139 Å². The van der Waals surface area contributed by atoms with Gasteiger partial charge in [-0.2, -0.15) is 5.26 Å². The maximum Gasteiger partial charge on any atom is 0.573 e. The minimum absolute atomic E-state index is 0.170. The molecule has 0 unspecified atom stereocenters. The molecule has 126 valence electrons. The molecule has 8 heteroatoms. The molecule has 3 N–H and O–H groups in total. The fourth-order valence-electron chi connectivity index (χ4n) is 2.51. The second kappa shape index (κ2) is 5.87. The second-order valence-corrected chi connectivity index (χ2v) is 5.22. The molecule has 0 radical (unpaired) electrons. The molecule has 0 fully saturated rings. The fraction of sp³-hybridized carbons (Fsp3) is 0.0588. The highest BCUT2D eigenvalue weighted by Crippen LogP contribution is 2.32. The predicted octanol–water partition coefficient (Wildman–Crippen LogP) is 3.70. The Morgan fingerprint density at radius 1 is 1.16 bits per heavy atom. The van der Waals surface area contributed by atoms with Crippen LogP contribution in [0.3, 0.4) is 0 Å². The quantitative estimate of drug-likeness (QED) is 0.758. The summed E-state index contributed by atoms with van der Waals surface area (Å²) in [5, 5.41) is 9.76. The zero-order valence-corrected chi connectivity index (χ0v) is 12.5. The van der Waals surface area contributed by atoms with Crippen LogP contribution in [0.2, 0.25) is 0 Å². The number of carbonyl (C=O) groups is 1. The number of ether oxygens (including phenoxy) is 1. The molecule has 1 amide bonds. The van der Waals surface area contributed by atoms with Crippen LogP contribution in [0.1, 0.15) is 16.1 Å². The number of fused-ring (bicyclic) bond motifs is 1. The predicted molar refractivity (Wildman–Crippen MR) is 83.7 cm³/mol. The first-order valence-electron chi connectivity index (χ1n) is 7.00. The summed E-state index contributed by atoms with van der Waals surface area (Å²) in [7, 11) is 0. The van der Waals surface area contributed by atoms with Crippen molar-refractivity contribution in [1.29, 1.82) is 5.26 Å². The number of nitrogens with zero attached hydrogens (tertiary/aromatic N) is 1. The summed E-state index contributed by atoms with van der Waals surface area (Å²) in [6, 6.07) is 11.9. The molecule has 0 aliphatic carbocycles. The molecule has 5 nitrogen and oxygen atoms in total. The molecule has 0 spiro atoms. The summed E-state index contributed by atoms with van der Waals surface area (Å²) in [5.41, 5.74) is 7.43. The average Bonchev–Trinajstić information content (AvgIpc) is 2.97. The van der Waals surface area contributed by atoms with Gasteiger partial charge in [0.15, 0.2) is 0 Å². The van der Waals surface area contributed by atoms with Crippen LogP contribution in [-0.4, -0.2) is 17.3 Å². The standard InChI is InChI=1S/C17H10F3N3O2/c18-17(19,20)25-12-3-1-10(2-4-12)13-6-9(8-21)5-11-7-14(16(22)24)23-15(11)13/h1-7,23H,(H2,22,24). The lowest BCUT2D eigenvalue weighted by atomic mass is 10.0. The number of nitrogens with two attached hydrogens (primary N) is 1. The van der Waals surface area contributed by atoms with E-state index in [0.717, 1.165) is 0 Å². The van der Waals surface area contributed by atoms with E-state index in [4.69, 9.17) is 11.0 Å². The second-order valence-electron chi connectivity index (χ2n) is 5.22. The van der Waals surface area contributed by atoms with Gasteiger partial charge in [0.1, 0.15) is 11.4 Å². The van der Waals surface area contributed by atoms with Gasteiger partial charge in [0.05, 0.1) is 17.1 Å². The maximum atomic E-state index is 12.2. The van der Waals surface area contributed by atoms with Crippen molar-refractivity contribution in [3.8, 4) is 22.9 Å². The number of carbonyl (C=O) groups excluding carboxylic acids is 1. The number of primary amides is 1. The molecule has 0 saturated carbocycles. The first-order chi connectivity index (χ1) is 11.8. The number of hydrogen-bond acceptors (Lipinski definition) is 3. The van der Waals surface area contributed by atoms with E-state index >= 15 is 0 Å². The number of aromatic nitrogens is 1. The molecule has 25 heavy (non-hydrogen) atoms. The van der Waals surface area contributed by atoms with Gasteiger partial charge in [-0.25, -0.2) is 0 Å². The fourth-order valence-corrected chi connectivity index (χ4v) is 2.51. The number of H-pyrrole nitrogens is 1. The number of alkyl halides is 3. The van der Waals surface area contributed by atoms with E-state index in [1.807, 2.05) is 6.07 Å². The SMILES string of the molecule is N#Cc1cc(-c2ccc(OC(F)(F)F)cc2)c2[nH]c(C(N)=O)cc2c1. The first-order valence-corrected chi connectivity index (χ1v) is 7.00. The topological polar surface area (TPSA) is 91.9 Å². The van der Waals surface area contributed by atoms with E-state index in [1.165, 1.54) is 30.3 Å². The smallest absolute Gasteiger partial charge is 0.406 e. The van der Waals surface area contributed by atoms with Gasteiger partial charge in [-0.05, 0) is 35.9 Å². The van der Waals surface area contributed by atoms with Crippen molar-refractivity contribution < 1.29 is 22.7 Å². The Bertz CT molecular complexity index is 999. The van der Waals surface area contributed by atoms with Gasteiger partial charge in [0, 0.05) is 10.9 Å². The van der Waals surface area contributed by atoms with Crippen molar-refractivity contribution in [1.82, 2.24) is 4.98 Å². The minimum atomic E-state index is -4.77. The zero-order chi connectivity index (χ0) is 18.2. The van der Waals surface area contributed by atoms with Gasteiger partial charge in [-0.15, -0.1) is 13.2 Å². The summed E-state index contributed by atoms with van der Waals surface area (Å²) in [6.45, 7) is 0. The Morgan fingerprint density at radius 2 is 1.84 bits per heavy atom. The van der Waals surface area contributed by atoms with E-state index in [9.17, 15) is 18.0 Å². The number of aromatic amines is 1. The summed E-state index contributed by atoms with van der Waals surface area (Å²) in [5.74, 6) is -1.01. The average molecular weight is 345 g/mol. The van der Waals surface area contributed by atoms with E-state index in [2.05, 4.69) is 9.72 Å². The molecular weight excluding hydrogens is 335 g/mol. The van der Waals surface area contributed by atoms with Crippen molar-refractivity contribution in [2.24, 2.45) is 5.73 Å². The molecule has 0 bridgehead atoms. The van der Waals surface area contributed by atoms with Crippen molar-refractivity contribution in [3.05, 3.63) is 53.7 Å². The van der Waals surface area contributed by atoms with Crippen LogP contribution < -0.4 is 10.5 Å². The monoisotopic (exact) mass is 345 g/mol. The van der Waals surface area contributed by atoms with Gasteiger partial charge in [0.25, 0.3) is 5.91 Å². The van der Waals surface area contributed by atoms with Gasteiger partial charge in [-0.1, -0.05) is 12.1 Å². The molecule has 0 atom stereocenters.